The van der Waals surface area contributed by atoms with Crippen molar-refractivity contribution in [1.82, 2.24) is 9.78 Å². The molecule has 6 heteroatoms. The standard InChI is InChI=1S/C13H14BrN3O2/c1-16(2)11-5-4-8(6-9(11)14)12-7-10(13(18)19)15-17(12)3/h4-7H,1-3H3,(H,18,19). The van der Waals surface area contributed by atoms with Crippen molar-refractivity contribution in [1.29, 1.82) is 0 Å². The van der Waals surface area contributed by atoms with Crippen LogP contribution in [0.15, 0.2) is 28.7 Å². The van der Waals surface area contributed by atoms with Crippen LogP contribution in [0.4, 0.5) is 5.69 Å². The van der Waals surface area contributed by atoms with Crippen LogP contribution >= 0.6 is 15.9 Å². The second kappa shape index (κ2) is 5.05. The molecule has 100 valence electrons. The molecule has 0 aliphatic rings. The summed E-state index contributed by atoms with van der Waals surface area (Å²) in [7, 11) is 5.66. The molecule has 0 bridgehead atoms. The van der Waals surface area contributed by atoms with Crippen molar-refractivity contribution in [2.24, 2.45) is 7.05 Å². The van der Waals surface area contributed by atoms with Gasteiger partial charge < -0.3 is 10.0 Å². The summed E-state index contributed by atoms with van der Waals surface area (Å²) >= 11 is 3.52. The minimum absolute atomic E-state index is 0.0466. The van der Waals surface area contributed by atoms with Gasteiger partial charge >= 0.3 is 5.97 Å². The van der Waals surface area contributed by atoms with Crippen molar-refractivity contribution in [3.8, 4) is 11.3 Å². The lowest BCUT2D eigenvalue weighted by Crippen LogP contribution is -2.09. The molecule has 0 amide bonds. The molecule has 0 saturated carbocycles. The van der Waals surface area contributed by atoms with Crippen LogP contribution in [0, 0.1) is 0 Å². The molecule has 1 aromatic heterocycles. The number of aromatic carboxylic acids is 1. The highest BCUT2D eigenvalue weighted by Crippen LogP contribution is 2.30. The summed E-state index contributed by atoms with van der Waals surface area (Å²) in [6, 6.07) is 7.45. The third kappa shape index (κ3) is 2.63. The van der Waals surface area contributed by atoms with E-state index in [-0.39, 0.29) is 5.69 Å². The van der Waals surface area contributed by atoms with E-state index in [0.717, 1.165) is 21.4 Å². The number of carboxylic acid groups (broad SMARTS) is 1. The molecule has 1 aromatic carbocycles. The molecule has 0 saturated heterocycles. The fourth-order valence-electron chi connectivity index (χ4n) is 1.87. The third-order valence-corrected chi connectivity index (χ3v) is 3.46. The molecule has 0 aliphatic heterocycles. The highest BCUT2D eigenvalue weighted by molar-refractivity contribution is 9.10. The Morgan fingerprint density at radius 1 is 1.37 bits per heavy atom. The van der Waals surface area contributed by atoms with E-state index < -0.39 is 5.97 Å². The van der Waals surface area contributed by atoms with E-state index in [0.29, 0.717) is 0 Å². The lowest BCUT2D eigenvalue weighted by Gasteiger charge is -2.15. The number of aryl methyl sites for hydroxylation is 1. The van der Waals surface area contributed by atoms with Gasteiger partial charge in [-0.1, -0.05) is 6.07 Å². The predicted octanol–water partition coefficient (Wildman–Crippen LogP) is 2.61. The minimum atomic E-state index is -1.02. The second-order valence-corrected chi connectivity index (χ2v) is 5.26. The smallest absolute Gasteiger partial charge is 0.356 e. The van der Waals surface area contributed by atoms with Crippen LogP contribution in [0.3, 0.4) is 0 Å². The lowest BCUT2D eigenvalue weighted by atomic mass is 10.1. The number of rotatable bonds is 3. The van der Waals surface area contributed by atoms with E-state index in [1.54, 1.807) is 17.8 Å². The van der Waals surface area contributed by atoms with Gasteiger partial charge in [-0.15, -0.1) is 0 Å². The minimum Gasteiger partial charge on any atom is -0.476 e. The van der Waals surface area contributed by atoms with Gasteiger partial charge in [-0.3, -0.25) is 4.68 Å². The van der Waals surface area contributed by atoms with Gasteiger partial charge in [0, 0.05) is 31.2 Å². The van der Waals surface area contributed by atoms with Gasteiger partial charge in [0.2, 0.25) is 0 Å². The Balaban J connectivity index is 2.48. The number of aromatic nitrogens is 2. The summed E-state index contributed by atoms with van der Waals surface area (Å²) in [6.45, 7) is 0. The van der Waals surface area contributed by atoms with Crippen molar-refractivity contribution >= 4 is 27.6 Å². The van der Waals surface area contributed by atoms with Gasteiger partial charge in [0.15, 0.2) is 5.69 Å². The zero-order valence-corrected chi connectivity index (χ0v) is 12.5. The number of benzene rings is 1. The van der Waals surface area contributed by atoms with Gasteiger partial charge in [0.25, 0.3) is 0 Å². The van der Waals surface area contributed by atoms with Crippen LogP contribution in [-0.4, -0.2) is 35.0 Å². The molecule has 2 aromatic rings. The molecule has 0 radical (unpaired) electrons. The molecule has 0 aliphatic carbocycles. The van der Waals surface area contributed by atoms with E-state index in [9.17, 15) is 4.79 Å². The monoisotopic (exact) mass is 323 g/mol. The number of hydrogen-bond donors (Lipinski definition) is 1. The molecule has 1 heterocycles. The molecular formula is C13H14BrN3O2. The van der Waals surface area contributed by atoms with Gasteiger partial charge in [-0.2, -0.15) is 5.10 Å². The van der Waals surface area contributed by atoms with Crippen LogP contribution in [0.1, 0.15) is 10.5 Å². The summed E-state index contributed by atoms with van der Waals surface area (Å²) in [5, 5.41) is 12.9. The first kappa shape index (κ1) is 13.6. The van der Waals surface area contributed by atoms with E-state index in [1.807, 2.05) is 37.2 Å². The first-order valence-electron chi connectivity index (χ1n) is 5.64. The Hall–Kier alpha value is -1.82. The maximum absolute atomic E-state index is 10.9. The van der Waals surface area contributed by atoms with Crippen LogP contribution in [-0.2, 0) is 7.05 Å². The van der Waals surface area contributed by atoms with E-state index >= 15 is 0 Å². The average molecular weight is 324 g/mol. The Morgan fingerprint density at radius 3 is 2.53 bits per heavy atom. The Labute approximate surface area is 119 Å². The van der Waals surface area contributed by atoms with Crippen molar-refractivity contribution in [3.05, 3.63) is 34.4 Å². The van der Waals surface area contributed by atoms with Crippen molar-refractivity contribution in [2.45, 2.75) is 0 Å². The van der Waals surface area contributed by atoms with Crippen LogP contribution < -0.4 is 4.90 Å². The first-order valence-corrected chi connectivity index (χ1v) is 6.44. The highest BCUT2D eigenvalue weighted by atomic mass is 79.9. The number of anilines is 1. The van der Waals surface area contributed by atoms with E-state index in [1.165, 1.54) is 0 Å². The number of nitrogens with zero attached hydrogens (tertiary/aromatic N) is 3. The molecule has 0 atom stereocenters. The van der Waals surface area contributed by atoms with E-state index in [2.05, 4.69) is 21.0 Å². The number of carboxylic acids is 1. The fourth-order valence-corrected chi connectivity index (χ4v) is 2.60. The van der Waals surface area contributed by atoms with Crippen LogP contribution in [0.5, 0.6) is 0 Å². The molecule has 1 N–H and O–H groups in total. The first-order chi connectivity index (χ1) is 8.90. The van der Waals surface area contributed by atoms with Crippen LogP contribution in [0.25, 0.3) is 11.3 Å². The number of hydrogen-bond acceptors (Lipinski definition) is 3. The molecule has 2 rings (SSSR count). The van der Waals surface area contributed by atoms with Crippen LogP contribution in [0.2, 0.25) is 0 Å². The second-order valence-electron chi connectivity index (χ2n) is 4.40. The molecule has 19 heavy (non-hydrogen) atoms. The summed E-state index contributed by atoms with van der Waals surface area (Å²) in [5.74, 6) is -1.02. The number of carbonyl (C=O) groups is 1. The number of halogens is 1. The fraction of sp³-hybridized carbons (Fsp3) is 0.231. The van der Waals surface area contributed by atoms with Gasteiger partial charge in [0.1, 0.15) is 0 Å². The summed E-state index contributed by atoms with van der Waals surface area (Å²) < 4.78 is 2.52. The summed E-state index contributed by atoms with van der Waals surface area (Å²) in [5.41, 5.74) is 2.79. The van der Waals surface area contributed by atoms with Crippen molar-refractivity contribution < 1.29 is 9.90 Å². The van der Waals surface area contributed by atoms with Crippen molar-refractivity contribution in [2.75, 3.05) is 19.0 Å². The maximum Gasteiger partial charge on any atom is 0.356 e. The predicted molar refractivity (Wildman–Crippen MR) is 77.6 cm³/mol. The van der Waals surface area contributed by atoms with Gasteiger partial charge in [-0.25, -0.2) is 4.79 Å². The largest absolute Gasteiger partial charge is 0.476 e. The lowest BCUT2D eigenvalue weighted by molar-refractivity contribution is 0.0689. The maximum atomic E-state index is 10.9. The third-order valence-electron chi connectivity index (χ3n) is 2.82. The average Bonchev–Trinajstić information content (AvgIpc) is 2.71. The molecule has 0 spiro atoms. The summed E-state index contributed by atoms with van der Waals surface area (Å²) in [6.07, 6.45) is 0. The molecule has 0 unspecified atom stereocenters. The zero-order valence-electron chi connectivity index (χ0n) is 10.9. The Kier molecular flexibility index (Phi) is 3.61. The topological polar surface area (TPSA) is 58.4 Å². The van der Waals surface area contributed by atoms with E-state index in [4.69, 9.17) is 5.11 Å². The highest BCUT2D eigenvalue weighted by Gasteiger charge is 2.13. The van der Waals surface area contributed by atoms with Gasteiger partial charge in [-0.05, 0) is 34.1 Å². The quantitative estimate of drug-likeness (QED) is 0.943. The van der Waals surface area contributed by atoms with Gasteiger partial charge in [0.05, 0.1) is 11.4 Å². The zero-order chi connectivity index (χ0) is 14.2. The Bertz CT molecular complexity index is 635. The SMILES string of the molecule is CN(C)c1ccc(-c2cc(C(=O)O)nn2C)cc1Br. The summed E-state index contributed by atoms with van der Waals surface area (Å²) in [4.78, 5) is 12.9. The molecular weight excluding hydrogens is 310 g/mol. The van der Waals surface area contributed by atoms with Crippen molar-refractivity contribution in [3.63, 3.8) is 0 Å². The normalized spacial score (nSPS) is 10.5. The molecule has 0 fully saturated rings. The molecule has 5 nitrogen and oxygen atoms in total. The Morgan fingerprint density at radius 2 is 2.05 bits per heavy atom.